The molecule has 1 N–H and O–H groups in total. The van der Waals surface area contributed by atoms with E-state index in [4.69, 9.17) is 0 Å². The van der Waals surface area contributed by atoms with E-state index in [1.54, 1.807) is 12.4 Å². The number of aromatic nitrogens is 3. The van der Waals surface area contributed by atoms with Gasteiger partial charge in [0.05, 0.1) is 0 Å². The fourth-order valence-corrected chi connectivity index (χ4v) is 2.19. The van der Waals surface area contributed by atoms with Crippen LogP contribution in [0.2, 0.25) is 0 Å². The Bertz CT molecular complexity index is 606. The molecule has 4 nitrogen and oxygen atoms in total. The Hall–Kier alpha value is -2.49. The Kier molecular flexibility index (Phi) is 3.83. The Morgan fingerprint density at radius 2 is 1.55 bits per heavy atom. The van der Waals surface area contributed by atoms with Crippen molar-refractivity contribution >= 4 is 16.9 Å². The molecule has 0 aromatic carbocycles. The molecule has 20 heavy (non-hydrogen) atoms. The minimum absolute atomic E-state index is 0.810. The SMILES string of the molecule is c1cnc2c(c1)CCCN2.c1cnc2ncccc2c1. The molecule has 0 bridgehead atoms. The van der Waals surface area contributed by atoms with Crippen molar-refractivity contribution in [3.63, 3.8) is 0 Å². The van der Waals surface area contributed by atoms with Crippen molar-refractivity contribution in [3.05, 3.63) is 60.6 Å². The van der Waals surface area contributed by atoms with E-state index in [0.29, 0.717) is 0 Å². The van der Waals surface area contributed by atoms with Gasteiger partial charge < -0.3 is 5.32 Å². The van der Waals surface area contributed by atoms with Gasteiger partial charge in [-0.1, -0.05) is 6.07 Å². The van der Waals surface area contributed by atoms with E-state index in [1.807, 2.05) is 36.5 Å². The molecule has 0 spiro atoms. The van der Waals surface area contributed by atoms with Gasteiger partial charge >= 0.3 is 0 Å². The van der Waals surface area contributed by atoms with Crippen LogP contribution in [-0.2, 0) is 6.42 Å². The minimum Gasteiger partial charge on any atom is -0.370 e. The van der Waals surface area contributed by atoms with Crippen molar-refractivity contribution in [2.75, 3.05) is 11.9 Å². The van der Waals surface area contributed by atoms with E-state index in [2.05, 4.69) is 26.3 Å². The zero-order chi connectivity index (χ0) is 13.6. The fraction of sp³-hybridized carbons (Fsp3) is 0.188. The predicted octanol–water partition coefficient (Wildman–Crippen LogP) is 3.07. The fourth-order valence-electron chi connectivity index (χ4n) is 2.19. The topological polar surface area (TPSA) is 50.7 Å². The van der Waals surface area contributed by atoms with Crippen molar-refractivity contribution in [2.24, 2.45) is 0 Å². The number of pyridine rings is 3. The first-order chi connectivity index (χ1) is 9.93. The first kappa shape index (κ1) is 12.5. The average molecular weight is 264 g/mol. The first-order valence-corrected chi connectivity index (χ1v) is 6.77. The Labute approximate surface area is 117 Å². The zero-order valence-corrected chi connectivity index (χ0v) is 11.2. The van der Waals surface area contributed by atoms with Crippen LogP contribution >= 0.6 is 0 Å². The second kappa shape index (κ2) is 6.10. The summed E-state index contributed by atoms with van der Waals surface area (Å²) in [6.45, 7) is 1.07. The maximum atomic E-state index is 4.21. The van der Waals surface area contributed by atoms with Gasteiger partial charge in [0.15, 0.2) is 5.65 Å². The highest BCUT2D eigenvalue weighted by Gasteiger charge is 2.06. The smallest absolute Gasteiger partial charge is 0.159 e. The third-order valence-electron chi connectivity index (χ3n) is 3.18. The molecule has 3 aromatic rings. The number of rotatable bonds is 0. The Balaban J connectivity index is 0.000000121. The molecule has 4 rings (SSSR count). The molecule has 0 amide bonds. The minimum atomic E-state index is 0.810. The third kappa shape index (κ3) is 2.91. The van der Waals surface area contributed by atoms with Gasteiger partial charge in [0, 0.05) is 30.5 Å². The van der Waals surface area contributed by atoms with Crippen LogP contribution in [0.3, 0.4) is 0 Å². The molecule has 4 heterocycles. The number of hydrogen-bond donors (Lipinski definition) is 1. The first-order valence-electron chi connectivity index (χ1n) is 6.77. The van der Waals surface area contributed by atoms with Crippen LogP contribution in [0.1, 0.15) is 12.0 Å². The highest BCUT2D eigenvalue weighted by atomic mass is 15.0. The summed E-state index contributed by atoms with van der Waals surface area (Å²) in [5.74, 6) is 1.08. The number of nitrogens with one attached hydrogen (secondary N) is 1. The molecule has 1 aliphatic heterocycles. The summed E-state index contributed by atoms with van der Waals surface area (Å²) in [4.78, 5) is 12.3. The normalized spacial score (nSPS) is 12.8. The van der Waals surface area contributed by atoms with Crippen LogP contribution in [0.5, 0.6) is 0 Å². The standard InChI is InChI=1S/C8H10N2.C8H6N2/c2*1-3-7-4-2-6-10-8(7)9-5-1/h1,3,5H,2,4,6H2,(H,9,10);1-6H. The molecule has 1 aliphatic rings. The van der Waals surface area contributed by atoms with Gasteiger partial charge in [-0.15, -0.1) is 0 Å². The van der Waals surface area contributed by atoms with Crippen LogP contribution in [0.15, 0.2) is 55.0 Å². The van der Waals surface area contributed by atoms with Crippen molar-refractivity contribution in [1.82, 2.24) is 15.0 Å². The molecule has 0 unspecified atom stereocenters. The summed E-state index contributed by atoms with van der Waals surface area (Å²) in [7, 11) is 0. The van der Waals surface area contributed by atoms with Crippen molar-refractivity contribution in [2.45, 2.75) is 12.8 Å². The summed E-state index contributed by atoms with van der Waals surface area (Å²) in [6.07, 6.45) is 7.73. The maximum Gasteiger partial charge on any atom is 0.159 e. The van der Waals surface area contributed by atoms with Gasteiger partial charge in [-0.05, 0) is 48.7 Å². The number of aryl methyl sites for hydroxylation is 1. The summed E-state index contributed by atoms with van der Waals surface area (Å²) < 4.78 is 0. The van der Waals surface area contributed by atoms with Crippen LogP contribution in [-0.4, -0.2) is 21.5 Å². The monoisotopic (exact) mass is 264 g/mol. The lowest BCUT2D eigenvalue weighted by molar-refractivity contribution is 0.818. The van der Waals surface area contributed by atoms with Gasteiger partial charge in [0.2, 0.25) is 0 Å². The number of hydrogen-bond acceptors (Lipinski definition) is 4. The summed E-state index contributed by atoms with van der Waals surface area (Å²) in [5, 5.41) is 4.34. The summed E-state index contributed by atoms with van der Waals surface area (Å²) in [6, 6.07) is 11.9. The van der Waals surface area contributed by atoms with E-state index < -0.39 is 0 Å². The van der Waals surface area contributed by atoms with Crippen LogP contribution in [0, 0.1) is 0 Å². The molecule has 100 valence electrons. The van der Waals surface area contributed by atoms with Crippen molar-refractivity contribution in [3.8, 4) is 0 Å². The van der Waals surface area contributed by atoms with Gasteiger partial charge in [-0.25, -0.2) is 15.0 Å². The van der Waals surface area contributed by atoms with Crippen LogP contribution in [0.25, 0.3) is 11.0 Å². The van der Waals surface area contributed by atoms with Crippen molar-refractivity contribution in [1.29, 1.82) is 0 Å². The van der Waals surface area contributed by atoms with E-state index in [-0.39, 0.29) is 0 Å². The van der Waals surface area contributed by atoms with Gasteiger partial charge in [0.25, 0.3) is 0 Å². The van der Waals surface area contributed by atoms with E-state index in [1.165, 1.54) is 18.4 Å². The van der Waals surface area contributed by atoms with Crippen LogP contribution < -0.4 is 5.32 Å². The van der Waals surface area contributed by atoms with Gasteiger partial charge in [0.1, 0.15) is 5.82 Å². The molecule has 0 fully saturated rings. The summed E-state index contributed by atoms with van der Waals surface area (Å²) in [5.41, 5.74) is 2.17. The zero-order valence-electron chi connectivity index (χ0n) is 11.2. The molecule has 0 aliphatic carbocycles. The molecule has 3 aromatic heterocycles. The number of nitrogens with zero attached hydrogens (tertiary/aromatic N) is 3. The number of fused-ring (bicyclic) bond motifs is 2. The molecule has 0 atom stereocenters. The van der Waals surface area contributed by atoms with Gasteiger partial charge in [-0.3, -0.25) is 0 Å². The molecule has 4 heteroatoms. The van der Waals surface area contributed by atoms with Gasteiger partial charge in [-0.2, -0.15) is 0 Å². The quantitative estimate of drug-likeness (QED) is 0.678. The molecule has 0 saturated carbocycles. The van der Waals surface area contributed by atoms with E-state index >= 15 is 0 Å². The number of anilines is 1. The third-order valence-corrected chi connectivity index (χ3v) is 3.18. The second-order valence-electron chi connectivity index (χ2n) is 4.59. The largest absolute Gasteiger partial charge is 0.370 e. The molecule has 0 saturated heterocycles. The predicted molar refractivity (Wildman–Crippen MR) is 80.6 cm³/mol. The Morgan fingerprint density at radius 1 is 0.850 bits per heavy atom. The highest BCUT2D eigenvalue weighted by Crippen LogP contribution is 2.17. The molecular formula is C16H16N4. The highest BCUT2D eigenvalue weighted by molar-refractivity contribution is 5.73. The molecular weight excluding hydrogens is 248 g/mol. The lowest BCUT2D eigenvalue weighted by atomic mass is 10.1. The van der Waals surface area contributed by atoms with E-state index in [0.717, 1.165) is 23.4 Å². The molecule has 0 radical (unpaired) electrons. The summed E-state index contributed by atoms with van der Waals surface area (Å²) >= 11 is 0. The maximum absolute atomic E-state index is 4.21. The lowest BCUT2D eigenvalue weighted by Crippen LogP contribution is -2.12. The second-order valence-corrected chi connectivity index (χ2v) is 4.59. The van der Waals surface area contributed by atoms with E-state index in [9.17, 15) is 0 Å². The van der Waals surface area contributed by atoms with Crippen molar-refractivity contribution < 1.29 is 0 Å². The average Bonchev–Trinajstić information content (AvgIpc) is 2.56. The lowest BCUT2D eigenvalue weighted by Gasteiger charge is -2.15. The Morgan fingerprint density at radius 3 is 2.25 bits per heavy atom. The van der Waals surface area contributed by atoms with Crippen LogP contribution in [0.4, 0.5) is 5.82 Å².